The lowest BCUT2D eigenvalue weighted by Gasteiger charge is -2.54. The van der Waals surface area contributed by atoms with Gasteiger partial charge in [0, 0.05) is 31.2 Å². The molecule has 0 spiro atoms. The smallest absolute Gasteiger partial charge is 0.0222 e. The molecule has 5 unspecified atom stereocenters. The van der Waals surface area contributed by atoms with Gasteiger partial charge in [-0.15, -0.1) is 0 Å². The van der Waals surface area contributed by atoms with E-state index in [4.69, 9.17) is 0 Å². The molecular weight excluding hydrogens is 244 g/mol. The number of piperazine rings is 1. The van der Waals surface area contributed by atoms with Gasteiger partial charge in [-0.25, -0.2) is 0 Å². The molecule has 3 rings (SSSR count). The van der Waals surface area contributed by atoms with Crippen LogP contribution < -0.4 is 5.32 Å². The van der Waals surface area contributed by atoms with Crippen molar-refractivity contribution in [3.63, 3.8) is 0 Å². The third-order valence-electron chi connectivity index (χ3n) is 7.03. The fraction of sp³-hybridized carbons (Fsp3) is 1.00. The molecule has 1 aliphatic heterocycles. The van der Waals surface area contributed by atoms with Gasteiger partial charge in [0.1, 0.15) is 0 Å². The van der Waals surface area contributed by atoms with Crippen LogP contribution in [0.15, 0.2) is 0 Å². The minimum absolute atomic E-state index is 0.510. The fourth-order valence-corrected chi connectivity index (χ4v) is 5.96. The Morgan fingerprint density at radius 3 is 2.45 bits per heavy atom. The van der Waals surface area contributed by atoms with Crippen LogP contribution in [0.3, 0.4) is 0 Å². The Morgan fingerprint density at radius 2 is 1.90 bits per heavy atom. The standard InChI is InChI=1S/C18H34N2/c1-6-14-12-20(15(7-2)11-19-14)16-17(3,4)13-8-9-18(16,5)10-13/h13-16,19H,6-12H2,1-5H3. The van der Waals surface area contributed by atoms with Gasteiger partial charge in [0.15, 0.2) is 0 Å². The second-order valence-electron chi connectivity index (χ2n) is 8.59. The summed E-state index contributed by atoms with van der Waals surface area (Å²) in [6, 6.07) is 2.25. The quantitative estimate of drug-likeness (QED) is 0.847. The van der Waals surface area contributed by atoms with E-state index >= 15 is 0 Å². The van der Waals surface area contributed by atoms with E-state index < -0.39 is 0 Å². The topological polar surface area (TPSA) is 15.3 Å². The summed E-state index contributed by atoms with van der Waals surface area (Å²) in [5, 5.41) is 3.77. The van der Waals surface area contributed by atoms with Crippen molar-refractivity contribution in [1.82, 2.24) is 10.2 Å². The summed E-state index contributed by atoms with van der Waals surface area (Å²) in [6.45, 7) is 14.9. The molecule has 1 N–H and O–H groups in total. The molecule has 2 bridgehead atoms. The van der Waals surface area contributed by atoms with Crippen molar-refractivity contribution in [2.75, 3.05) is 13.1 Å². The predicted octanol–water partition coefficient (Wildman–Crippen LogP) is 3.66. The van der Waals surface area contributed by atoms with Crippen molar-refractivity contribution >= 4 is 0 Å². The highest BCUT2D eigenvalue weighted by molar-refractivity contribution is 5.14. The summed E-state index contributed by atoms with van der Waals surface area (Å²) in [6.07, 6.45) is 6.96. The number of nitrogens with zero attached hydrogens (tertiary/aromatic N) is 1. The van der Waals surface area contributed by atoms with Crippen LogP contribution in [0.4, 0.5) is 0 Å². The van der Waals surface area contributed by atoms with Crippen LogP contribution in [0.5, 0.6) is 0 Å². The molecule has 1 saturated heterocycles. The Hall–Kier alpha value is -0.0800. The third kappa shape index (κ3) is 2.06. The second-order valence-corrected chi connectivity index (χ2v) is 8.59. The van der Waals surface area contributed by atoms with Gasteiger partial charge in [0.2, 0.25) is 0 Å². The Morgan fingerprint density at radius 1 is 1.15 bits per heavy atom. The van der Waals surface area contributed by atoms with Crippen molar-refractivity contribution < 1.29 is 0 Å². The number of fused-ring (bicyclic) bond motifs is 2. The van der Waals surface area contributed by atoms with Gasteiger partial charge >= 0.3 is 0 Å². The van der Waals surface area contributed by atoms with Crippen molar-refractivity contribution in [2.24, 2.45) is 16.7 Å². The summed E-state index contributed by atoms with van der Waals surface area (Å²) in [7, 11) is 0. The van der Waals surface area contributed by atoms with Crippen LogP contribution >= 0.6 is 0 Å². The maximum Gasteiger partial charge on any atom is 0.0222 e. The number of rotatable bonds is 3. The average molecular weight is 278 g/mol. The number of hydrogen-bond acceptors (Lipinski definition) is 2. The summed E-state index contributed by atoms with van der Waals surface area (Å²) in [4.78, 5) is 2.93. The zero-order valence-electron chi connectivity index (χ0n) is 14.2. The van der Waals surface area contributed by atoms with E-state index in [1.165, 1.54) is 45.2 Å². The molecule has 2 aliphatic carbocycles. The molecule has 2 nitrogen and oxygen atoms in total. The zero-order valence-corrected chi connectivity index (χ0v) is 14.2. The molecule has 116 valence electrons. The molecule has 20 heavy (non-hydrogen) atoms. The summed E-state index contributed by atoms with van der Waals surface area (Å²) in [5.41, 5.74) is 1.09. The Bertz CT molecular complexity index is 360. The predicted molar refractivity (Wildman–Crippen MR) is 85.9 cm³/mol. The highest BCUT2D eigenvalue weighted by Crippen LogP contribution is 2.64. The minimum atomic E-state index is 0.510. The zero-order chi connectivity index (χ0) is 14.5. The van der Waals surface area contributed by atoms with Gasteiger partial charge in [-0.1, -0.05) is 34.6 Å². The maximum atomic E-state index is 3.77. The van der Waals surface area contributed by atoms with Crippen LogP contribution in [0.25, 0.3) is 0 Å². The average Bonchev–Trinajstić information content (AvgIpc) is 2.89. The SMILES string of the molecule is CCC1CN(C2C3(C)CCC(C3)C2(C)C)C(CC)CN1. The second kappa shape index (κ2) is 4.98. The molecule has 2 heteroatoms. The van der Waals surface area contributed by atoms with Crippen LogP contribution in [-0.2, 0) is 0 Å². The van der Waals surface area contributed by atoms with E-state index in [1.54, 1.807) is 0 Å². The maximum absolute atomic E-state index is 3.77. The molecule has 2 saturated carbocycles. The van der Waals surface area contributed by atoms with E-state index in [-0.39, 0.29) is 0 Å². The third-order valence-corrected chi connectivity index (χ3v) is 7.03. The molecule has 0 amide bonds. The largest absolute Gasteiger partial charge is 0.311 e. The lowest BCUT2D eigenvalue weighted by Crippen LogP contribution is -2.64. The van der Waals surface area contributed by atoms with Crippen LogP contribution in [0.1, 0.15) is 66.7 Å². The van der Waals surface area contributed by atoms with Crippen molar-refractivity contribution in [1.29, 1.82) is 0 Å². The van der Waals surface area contributed by atoms with Crippen molar-refractivity contribution in [3.8, 4) is 0 Å². The molecule has 0 aromatic carbocycles. The number of nitrogens with one attached hydrogen (secondary N) is 1. The normalized spacial score (nSPS) is 47.9. The minimum Gasteiger partial charge on any atom is -0.311 e. The van der Waals surface area contributed by atoms with E-state index in [0.29, 0.717) is 16.9 Å². The monoisotopic (exact) mass is 278 g/mol. The first-order valence-electron chi connectivity index (χ1n) is 8.91. The first kappa shape index (κ1) is 14.8. The first-order chi connectivity index (χ1) is 9.42. The van der Waals surface area contributed by atoms with E-state index in [0.717, 1.165) is 18.0 Å². The van der Waals surface area contributed by atoms with Crippen LogP contribution in [-0.4, -0.2) is 36.1 Å². The van der Waals surface area contributed by atoms with Crippen molar-refractivity contribution in [2.45, 2.75) is 84.8 Å². The lowest BCUT2D eigenvalue weighted by atomic mass is 9.67. The van der Waals surface area contributed by atoms with Gasteiger partial charge in [0.25, 0.3) is 0 Å². The number of hydrogen-bond donors (Lipinski definition) is 1. The highest BCUT2D eigenvalue weighted by atomic mass is 15.3. The highest BCUT2D eigenvalue weighted by Gasteiger charge is 2.61. The molecule has 0 radical (unpaired) electrons. The summed E-state index contributed by atoms with van der Waals surface area (Å²) in [5.74, 6) is 0.963. The van der Waals surface area contributed by atoms with E-state index in [1.807, 2.05) is 0 Å². The molecule has 3 fully saturated rings. The molecule has 3 aliphatic rings. The summed E-state index contributed by atoms with van der Waals surface area (Å²) < 4.78 is 0. The van der Waals surface area contributed by atoms with Gasteiger partial charge in [-0.2, -0.15) is 0 Å². The van der Waals surface area contributed by atoms with Crippen LogP contribution in [0.2, 0.25) is 0 Å². The Labute approximate surface area is 125 Å². The fourth-order valence-electron chi connectivity index (χ4n) is 5.96. The van der Waals surface area contributed by atoms with Gasteiger partial charge < -0.3 is 5.32 Å². The molecule has 0 aromatic heterocycles. The van der Waals surface area contributed by atoms with Crippen molar-refractivity contribution in [3.05, 3.63) is 0 Å². The van der Waals surface area contributed by atoms with Gasteiger partial charge in [0.05, 0.1) is 0 Å². The lowest BCUT2D eigenvalue weighted by molar-refractivity contribution is -0.0414. The van der Waals surface area contributed by atoms with Crippen LogP contribution in [0, 0.1) is 16.7 Å². The first-order valence-corrected chi connectivity index (χ1v) is 8.91. The van der Waals surface area contributed by atoms with E-state index in [2.05, 4.69) is 44.8 Å². The molecule has 1 heterocycles. The summed E-state index contributed by atoms with van der Waals surface area (Å²) >= 11 is 0. The molecule has 0 aromatic rings. The van der Waals surface area contributed by atoms with E-state index in [9.17, 15) is 0 Å². The van der Waals surface area contributed by atoms with Gasteiger partial charge in [-0.05, 0) is 48.9 Å². The van der Waals surface area contributed by atoms with Gasteiger partial charge in [-0.3, -0.25) is 4.90 Å². The molecule has 5 atom stereocenters. The molecular formula is C18H34N2. The Balaban J connectivity index is 1.88. The Kier molecular flexibility index (Phi) is 3.70.